The van der Waals surface area contributed by atoms with Crippen LogP contribution in [0, 0.1) is 5.82 Å². The van der Waals surface area contributed by atoms with Gasteiger partial charge in [-0.1, -0.05) is 39.0 Å². The normalized spacial score (nSPS) is 10.6. The number of ether oxygens (including phenoxy) is 1. The number of hydrogen-bond acceptors (Lipinski definition) is 1. The van der Waals surface area contributed by atoms with Gasteiger partial charge in [-0.15, -0.1) is 11.6 Å². The van der Waals surface area contributed by atoms with Crippen molar-refractivity contribution >= 4 is 11.6 Å². The van der Waals surface area contributed by atoms with E-state index in [1.54, 1.807) is 6.07 Å². The van der Waals surface area contributed by atoms with E-state index in [0.717, 1.165) is 12.0 Å². The lowest BCUT2D eigenvalue weighted by Gasteiger charge is -2.09. The molecule has 0 aliphatic rings. The Morgan fingerprint density at radius 2 is 1.83 bits per heavy atom. The van der Waals surface area contributed by atoms with Crippen molar-refractivity contribution in [3.05, 3.63) is 29.6 Å². The van der Waals surface area contributed by atoms with Gasteiger partial charge in [0.15, 0.2) is 0 Å². The maximum absolute atomic E-state index is 13.0. The molecule has 18 heavy (non-hydrogen) atoms. The highest BCUT2D eigenvalue weighted by Gasteiger charge is 2.04. The van der Waals surface area contributed by atoms with Gasteiger partial charge in [0.05, 0.1) is 12.5 Å². The summed E-state index contributed by atoms with van der Waals surface area (Å²) in [6.07, 6.45) is 7.39. The average Bonchev–Trinajstić information content (AvgIpc) is 2.39. The van der Waals surface area contributed by atoms with Crippen molar-refractivity contribution in [3.63, 3.8) is 0 Å². The molecule has 0 saturated heterocycles. The summed E-state index contributed by atoms with van der Waals surface area (Å²) >= 11 is 5.75. The Bertz CT molecular complexity index is 341. The van der Waals surface area contributed by atoms with Gasteiger partial charge in [-0.05, 0) is 24.6 Å². The third-order valence-electron chi connectivity index (χ3n) is 2.92. The fourth-order valence-electron chi connectivity index (χ4n) is 1.86. The van der Waals surface area contributed by atoms with Crippen LogP contribution in [0.4, 0.5) is 4.39 Å². The number of hydrogen-bond donors (Lipinski definition) is 0. The summed E-state index contributed by atoms with van der Waals surface area (Å²) in [6.45, 7) is 2.90. The van der Waals surface area contributed by atoms with Crippen molar-refractivity contribution < 1.29 is 9.13 Å². The first-order chi connectivity index (χ1) is 8.77. The molecule has 0 amide bonds. The van der Waals surface area contributed by atoms with Crippen molar-refractivity contribution in [1.82, 2.24) is 0 Å². The maximum atomic E-state index is 13.0. The minimum absolute atomic E-state index is 0.266. The van der Waals surface area contributed by atoms with Gasteiger partial charge in [0.2, 0.25) is 0 Å². The zero-order valence-electron chi connectivity index (χ0n) is 11.1. The number of halogens is 2. The van der Waals surface area contributed by atoms with Crippen LogP contribution in [0.2, 0.25) is 0 Å². The Labute approximate surface area is 114 Å². The summed E-state index contributed by atoms with van der Waals surface area (Å²) in [5.74, 6) is 0.723. The van der Waals surface area contributed by atoms with Crippen molar-refractivity contribution in [3.8, 4) is 5.75 Å². The first-order valence-electron chi connectivity index (χ1n) is 6.75. The van der Waals surface area contributed by atoms with E-state index in [4.69, 9.17) is 16.3 Å². The monoisotopic (exact) mass is 272 g/mol. The van der Waals surface area contributed by atoms with Crippen LogP contribution in [-0.4, -0.2) is 6.61 Å². The Balaban J connectivity index is 2.22. The molecule has 0 unspecified atom stereocenters. The standard InChI is InChI=1S/C15H22ClFO/c1-2-3-4-5-6-7-10-18-15-9-8-14(17)11-13(15)12-16/h8-9,11H,2-7,10,12H2,1H3. The Morgan fingerprint density at radius 1 is 1.11 bits per heavy atom. The van der Waals surface area contributed by atoms with Crippen molar-refractivity contribution in [2.24, 2.45) is 0 Å². The van der Waals surface area contributed by atoms with E-state index >= 15 is 0 Å². The minimum Gasteiger partial charge on any atom is -0.493 e. The summed E-state index contributed by atoms with van der Waals surface area (Å²) in [7, 11) is 0. The predicted octanol–water partition coefficient (Wildman–Crippen LogP) is 5.30. The summed E-state index contributed by atoms with van der Waals surface area (Å²) < 4.78 is 18.6. The Kier molecular flexibility index (Phi) is 7.83. The van der Waals surface area contributed by atoms with Crippen LogP contribution in [-0.2, 0) is 5.88 Å². The fraction of sp³-hybridized carbons (Fsp3) is 0.600. The highest BCUT2D eigenvalue weighted by atomic mass is 35.5. The van der Waals surface area contributed by atoms with Crippen LogP contribution in [0.25, 0.3) is 0 Å². The number of rotatable bonds is 9. The smallest absolute Gasteiger partial charge is 0.123 e. The molecular formula is C15H22ClFO. The zero-order chi connectivity index (χ0) is 13.2. The van der Waals surface area contributed by atoms with Gasteiger partial charge in [-0.3, -0.25) is 0 Å². The van der Waals surface area contributed by atoms with Crippen LogP contribution in [0.5, 0.6) is 5.75 Å². The summed E-state index contributed by atoms with van der Waals surface area (Å²) in [6, 6.07) is 4.50. The maximum Gasteiger partial charge on any atom is 0.123 e. The second-order valence-corrected chi connectivity index (χ2v) is 4.77. The van der Waals surface area contributed by atoms with Gasteiger partial charge in [0.25, 0.3) is 0 Å². The quantitative estimate of drug-likeness (QED) is 0.438. The van der Waals surface area contributed by atoms with E-state index in [1.165, 1.54) is 44.2 Å². The molecule has 1 rings (SSSR count). The van der Waals surface area contributed by atoms with Crippen molar-refractivity contribution in [2.75, 3.05) is 6.61 Å². The lowest BCUT2D eigenvalue weighted by Crippen LogP contribution is -2.00. The van der Waals surface area contributed by atoms with E-state index in [0.29, 0.717) is 12.4 Å². The molecule has 0 atom stereocenters. The van der Waals surface area contributed by atoms with Crippen LogP contribution >= 0.6 is 11.6 Å². The van der Waals surface area contributed by atoms with Gasteiger partial charge >= 0.3 is 0 Å². The van der Waals surface area contributed by atoms with E-state index < -0.39 is 0 Å². The molecule has 0 spiro atoms. The van der Waals surface area contributed by atoms with E-state index in [1.807, 2.05) is 0 Å². The topological polar surface area (TPSA) is 9.23 Å². The predicted molar refractivity (Wildman–Crippen MR) is 74.8 cm³/mol. The molecule has 3 heteroatoms. The van der Waals surface area contributed by atoms with E-state index in [2.05, 4.69) is 6.92 Å². The molecule has 0 saturated carbocycles. The van der Waals surface area contributed by atoms with Crippen molar-refractivity contribution in [2.45, 2.75) is 51.3 Å². The van der Waals surface area contributed by atoms with Crippen LogP contribution in [0.1, 0.15) is 51.0 Å². The highest BCUT2D eigenvalue weighted by Crippen LogP contribution is 2.21. The van der Waals surface area contributed by atoms with Crippen molar-refractivity contribution in [1.29, 1.82) is 0 Å². The first kappa shape index (κ1) is 15.3. The minimum atomic E-state index is -0.266. The van der Waals surface area contributed by atoms with E-state index in [-0.39, 0.29) is 11.7 Å². The molecule has 0 aromatic heterocycles. The lowest BCUT2D eigenvalue weighted by molar-refractivity contribution is 0.301. The summed E-state index contributed by atoms with van der Waals surface area (Å²) in [4.78, 5) is 0. The average molecular weight is 273 g/mol. The molecular weight excluding hydrogens is 251 g/mol. The van der Waals surface area contributed by atoms with Gasteiger partial charge in [-0.2, -0.15) is 0 Å². The number of alkyl halides is 1. The third kappa shape index (κ3) is 5.72. The van der Waals surface area contributed by atoms with Crippen LogP contribution in [0.3, 0.4) is 0 Å². The molecule has 0 N–H and O–H groups in total. The van der Waals surface area contributed by atoms with E-state index in [9.17, 15) is 4.39 Å². The number of benzene rings is 1. The summed E-state index contributed by atoms with van der Waals surface area (Å²) in [5.41, 5.74) is 0.725. The molecule has 0 bridgehead atoms. The second kappa shape index (κ2) is 9.21. The zero-order valence-corrected chi connectivity index (χ0v) is 11.8. The SMILES string of the molecule is CCCCCCCCOc1ccc(F)cc1CCl. The molecule has 0 aliphatic heterocycles. The molecule has 0 radical (unpaired) electrons. The summed E-state index contributed by atoms with van der Waals surface area (Å²) in [5, 5.41) is 0. The van der Waals surface area contributed by atoms with Gasteiger partial charge < -0.3 is 4.74 Å². The first-order valence-corrected chi connectivity index (χ1v) is 7.28. The molecule has 1 aromatic carbocycles. The Morgan fingerprint density at radius 3 is 2.56 bits per heavy atom. The highest BCUT2D eigenvalue weighted by molar-refractivity contribution is 6.17. The van der Waals surface area contributed by atoms with Crippen LogP contribution < -0.4 is 4.74 Å². The third-order valence-corrected chi connectivity index (χ3v) is 3.21. The Hall–Kier alpha value is -0.760. The molecule has 0 fully saturated rings. The largest absolute Gasteiger partial charge is 0.493 e. The second-order valence-electron chi connectivity index (χ2n) is 4.50. The fourth-order valence-corrected chi connectivity index (χ4v) is 2.07. The van der Waals surface area contributed by atoms with Gasteiger partial charge in [0, 0.05) is 5.56 Å². The van der Waals surface area contributed by atoms with Crippen LogP contribution in [0.15, 0.2) is 18.2 Å². The molecule has 0 heterocycles. The molecule has 1 aromatic rings. The molecule has 102 valence electrons. The van der Waals surface area contributed by atoms with Gasteiger partial charge in [0.1, 0.15) is 11.6 Å². The number of unbranched alkanes of at least 4 members (excludes halogenated alkanes) is 5. The molecule has 1 nitrogen and oxygen atoms in total. The lowest BCUT2D eigenvalue weighted by atomic mass is 10.1. The molecule has 0 aliphatic carbocycles. The van der Waals surface area contributed by atoms with Gasteiger partial charge in [-0.25, -0.2) is 4.39 Å².